The summed E-state index contributed by atoms with van der Waals surface area (Å²) in [6, 6.07) is 11.2. The standard InChI is InChI=1S/C18H21NO4/c1-3-7-16(14-8-5-4-6-9-14)19-17(20)13(2)23-18(21)15-10-11-22-12-15/h4-6,8-13,16H,3,7H2,1-2H3,(H,19,20). The maximum Gasteiger partial charge on any atom is 0.342 e. The lowest BCUT2D eigenvalue weighted by Gasteiger charge is -2.21. The van der Waals surface area contributed by atoms with Crippen molar-refractivity contribution in [2.45, 2.75) is 38.8 Å². The van der Waals surface area contributed by atoms with Crippen LogP contribution in [0.5, 0.6) is 0 Å². The van der Waals surface area contributed by atoms with E-state index >= 15 is 0 Å². The largest absolute Gasteiger partial charge is 0.472 e. The molecule has 2 aromatic rings. The van der Waals surface area contributed by atoms with Crippen LogP contribution < -0.4 is 5.32 Å². The van der Waals surface area contributed by atoms with E-state index in [1.807, 2.05) is 30.3 Å². The number of amides is 1. The van der Waals surface area contributed by atoms with Crippen LogP contribution in [0.25, 0.3) is 0 Å². The SMILES string of the molecule is CCCC(NC(=O)C(C)OC(=O)c1ccoc1)c1ccccc1. The Labute approximate surface area is 135 Å². The summed E-state index contributed by atoms with van der Waals surface area (Å²) in [5.74, 6) is -0.891. The Kier molecular flexibility index (Phi) is 5.97. The monoisotopic (exact) mass is 315 g/mol. The van der Waals surface area contributed by atoms with Gasteiger partial charge in [-0.1, -0.05) is 43.7 Å². The number of furan rings is 1. The first-order chi connectivity index (χ1) is 11.1. The Morgan fingerprint density at radius 3 is 2.57 bits per heavy atom. The fraction of sp³-hybridized carbons (Fsp3) is 0.333. The minimum Gasteiger partial charge on any atom is -0.472 e. The first kappa shape index (κ1) is 16.8. The molecule has 1 aromatic heterocycles. The van der Waals surface area contributed by atoms with E-state index in [1.54, 1.807) is 6.92 Å². The normalized spacial score (nSPS) is 13.1. The van der Waals surface area contributed by atoms with Gasteiger partial charge in [0.1, 0.15) is 6.26 Å². The van der Waals surface area contributed by atoms with Gasteiger partial charge < -0.3 is 14.5 Å². The maximum atomic E-state index is 12.3. The molecule has 1 aromatic carbocycles. The smallest absolute Gasteiger partial charge is 0.342 e. The highest BCUT2D eigenvalue weighted by Gasteiger charge is 2.22. The van der Waals surface area contributed by atoms with Crippen molar-refractivity contribution < 1.29 is 18.7 Å². The predicted octanol–water partition coefficient (Wildman–Crippen LogP) is 3.48. The van der Waals surface area contributed by atoms with Crippen molar-refractivity contribution in [1.29, 1.82) is 0 Å². The Morgan fingerprint density at radius 2 is 1.96 bits per heavy atom. The average molecular weight is 315 g/mol. The number of esters is 1. The molecule has 0 saturated heterocycles. The molecule has 0 aliphatic carbocycles. The van der Waals surface area contributed by atoms with Gasteiger partial charge in [0, 0.05) is 0 Å². The minimum atomic E-state index is -0.875. The minimum absolute atomic E-state index is 0.0937. The lowest BCUT2D eigenvalue weighted by atomic mass is 10.0. The number of rotatable bonds is 7. The molecule has 0 bridgehead atoms. The number of carbonyl (C=O) groups is 2. The average Bonchev–Trinajstić information content (AvgIpc) is 3.09. The van der Waals surface area contributed by atoms with Crippen molar-refractivity contribution in [1.82, 2.24) is 5.32 Å². The Hall–Kier alpha value is -2.56. The van der Waals surface area contributed by atoms with Crippen molar-refractivity contribution in [3.05, 3.63) is 60.1 Å². The van der Waals surface area contributed by atoms with Crippen LogP contribution in [0, 0.1) is 0 Å². The topological polar surface area (TPSA) is 68.5 Å². The zero-order valence-electron chi connectivity index (χ0n) is 13.3. The number of nitrogens with one attached hydrogen (secondary N) is 1. The van der Waals surface area contributed by atoms with Crippen molar-refractivity contribution >= 4 is 11.9 Å². The van der Waals surface area contributed by atoms with Crippen LogP contribution in [0.15, 0.2) is 53.3 Å². The fourth-order valence-electron chi connectivity index (χ4n) is 2.25. The van der Waals surface area contributed by atoms with E-state index in [2.05, 4.69) is 12.2 Å². The molecule has 0 aliphatic heterocycles. The van der Waals surface area contributed by atoms with Gasteiger partial charge in [0.25, 0.3) is 5.91 Å². The molecule has 122 valence electrons. The van der Waals surface area contributed by atoms with Gasteiger partial charge in [-0.15, -0.1) is 0 Å². The molecule has 1 heterocycles. The molecule has 0 spiro atoms. The summed E-state index contributed by atoms with van der Waals surface area (Å²) in [6.07, 6.45) is 3.55. The fourth-order valence-corrected chi connectivity index (χ4v) is 2.25. The first-order valence-electron chi connectivity index (χ1n) is 7.70. The Balaban J connectivity index is 1.96. The maximum absolute atomic E-state index is 12.3. The molecule has 23 heavy (non-hydrogen) atoms. The van der Waals surface area contributed by atoms with E-state index < -0.39 is 12.1 Å². The Bertz CT molecular complexity index is 622. The van der Waals surface area contributed by atoms with Crippen LogP contribution in [0.4, 0.5) is 0 Å². The number of hydrogen-bond donors (Lipinski definition) is 1. The van der Waals surface area contributed by atoms with Gasteiger partial charge in [0.2, 0.25) is 0 Å². The third-order valence-electron chi connectivity index (χ3n) is 3.51. The van der Waals surface area contributed by atoms with Gasteiger partial charge in [-0.2, -0.15) is 0 Å². The summed E-state index contributed by atoms with van der Waals surface area (Å²) in [5, 5.41) is 2.95. The molecule has 2 unspecified atom stereocenters. The second-order valence-electron chi connectivity index (χ2n) is 5.32. The van der Waals surface area contributed by atoms with Crippen LogP contribution in [-0.2, 0) is 9.53 Å². The number of carbonyl (C=O) groups excluding carboxylic acids is 2. The summed E-state index contributed by atoms with van der Waals surface area (Å²) in [4.78, 5) is 24.1. The molecule has 0 fully saturated rings. The van der Waals surface area contributed by atoms with Crippen LogP contribution in [0.1, 0.15) is 48.7 Å². The highest BCUT2D eigenvalue weighted by molar-refractivity contribution is 5.91. The molecule has 1 amide bonds. The zero-order valence-corrected chi connectivity index (χ0v) is 13.3. The summed E-state index contributed by atoms with van der Waals surface area (Å²) in [5.41, 5.74) is 1.33. The van der Waals surface area contributed by atoms with Crippen LogP contribution in [-0.4, -0.2) is 18.0 Å². The summed E-state index contributed by atoms with van der Waals surface area (Å²) in [7, 11) is 0. The van der Waals surface area contributed by atoms with E-state index in [9.17, 15) is 9.59 Å². The van der Waals surface area contributed by atoms with Crippen LogP contribution in [0.2, 0.25) is 0 Å². The van der Waals surface area contributed by atoms with Crippen molar-refractivity contribution in [3.63, 3.8) is 0 Å². The predicted molar refractivity (Wildman–Crippen MR) is 85.8 cm³/mol. The highest BCUT2D eigenvalue weighted by Crippen LogP contribution is 2.18. The number of ether oxygens (including phenoxy) is 1. The zero-order chi connectivity index (χ0) is 16.7. The molecule has 2 rings (SSSR count). The molecule has 0 radical (unpaired) electrons. The van der Waals surface area contributed by atoms with Crippen molar-refractivity contribution in [2.24, 2.45) is 0 Å². The van der Waals surface area contributed by atoms with Gasteiger partial charge in [-0.3, -0.25) is 4.79 Å². The second-order valence-corrected chi connectivity index (χ2v) is 5.32. The van der Waals surface area contributed by atoms with E-state index in [0.29, 0.717) is 0 Å². The lowest BCUT2D eigenvalue weighted by Crippen LogP contribution is -2.38. The van der Waals surface area contributed by atoms with Gasteiger partial charge >= 0.3 is 5.97 Å². The molecule has 5 heteroatoms. The molecule has 2 atom stereocenters. The van der Waals surface area contributed by atoms with Gasteiger partial charge in [-0.25, -0.2) is 4.79 Å². The third kappa shape index (κ3) is 4.71. The molecular formula is C18H21NO4. The summed E-state index contributed by atoms with van der Waals surface area (Å²) >= 11 is 0. The highest BCUT2D eigenvalue weighted by atomic mass is 16.5. The van der Waals surface area contributed by atoms with Crippen molar-refractivity contribution in [2.75, 3.05) is 0 Å². The van der Waals surface area contributed by atoms with Gasteiger partial charge in [0.15, 0.2) is 6.10 Å². The van der Waals surface area contributed by atoms with Crippen LogP contribution >= 0.6 is 0 Å². The van der Waals surface area contributed by atoms with E-state index in [-0.39, 0.29) is 17.5 Å². The van der Waals surface area contributed by atoms with Crippen molar-refractivity contribution in [3.8, 4) is 0 Å². The van der Waals surface area contributed by atoms with E-state index in [4.69, 9.17) is 9.15 Å². The van der Waals surface area contributed by atoms with E-state index in [1.165, 1.54) is 18.6 Å². The van der Waals surface area contributed by atoms with Gasteiger partial charge in [0.05, 0.1) is 17.9 Å². The van der Waals surface area contributed by atoms with Crippen LogP contribution in [0.3, 0.4) is 0 Å². The van der Waals surface area contributed by atoms with Gasteiger partial charge in [-0.05, 0) is 25.0 Å². The molecular weight excluding hydrogens is 294 g/mol. The second kappa shape index (κ2) is 8.17. The molecule has 5 nitrogen and oxygen atoms in total. The molecule has 0 saturated carbocycles. The number of benzene rings is 1. The Morgan fingerprint density at radius 1 is 1.22 bits per heavy atom. The third-order valence-corrected chi connectivity index (χ3v) is 3.51. The molecule has 1 N–H and O–H groups in total. The lowest BCUT2D eigenvalue weighted by molar-refractivity contribution is -0.129. The summed E-state index contributed by atoms with van der Waals surface area (Å²) < 4.78 is 9.99. The van der Waals surface area contributed by atoms with E-state index in [0.717, 1.165) is 18.4 Å². The number of hydrogen-bond acceptors (Lipinski definition) is 4. The quantitative estimate of drug-likeness (QED) is 0.794. The summed E-state index contributed by atoms with van der Waals surface area (Å²) in [6.45, 7) is 3.62. The first-order valence-corrected chi connectivity index (χ1v) is 7.70. The molecule has 0 aliphatic rings.